The molecule has 4 N–H and O–H groups in total. The molecule has 0 bridgehead atoms. The van der Waals surface area contributed by atoms with Crippen molar-refractivity contribution in [1.29, 1.82) is 0 Å². The molecule has 8 nitrogen and oxygen atoms in total. The van der Waals surface area contributed by atoms with Crippen molar-refractivity contribution < 1.29 is 19.2 Å². The highest BCUT2D eigenvalue weighted by Gasteiger charge is 2.46. The molecule has 0 saturated carbocycles. The van der Waals surface area contributed by atoms with E-state index in [9.17, 15) is 19.2 Å². The van der Waals surface area contributed by atoms with E-state index in [1.165, 1.54) is 6.08 Å². The Kier molecular flexibility index (Phi) is 9.87. The second-order valence-corrected chi connectivity index (χ2v) is 9.73. The summed E-state index contributed by atoms with van der Waals surface area (Å²) < 4.78 is 0. The lowest BCUT2D eigenvalue weighted by Crippen LogP contribution is -2.58. The Morgan fingerprint density at radius 2 is 1.84 bits per heavy atom. The first kappa shape index (κ1) is 26.8. The summed E-state index contributed by atoms with van der Waals surface area (Å²) in [6.07, 6.45) is 3.11. The SMILES string of the molecule is C=CCNC(=O)C(=O)C(CCC)NC(=O)[C@@H]1[C@@H](C(C)C)CCN1C(=O)[C@@H](N)C(C)(C)C. The molecule has 31 heavy (non-hydrogen) atoms. The number of rotatable bonds is 10. The van der Waals surface area contributed by atoms with Gasteiger partial charge in [0.25, 0.3) is 5.91 Å². The molecular formula is C23H40N4O4. The van der Waals surface area contributed by atoms with Crippen LogP contribution in [0.5, 0.6) is 0 Å². The number of carbonyl (C=O) groups excluding carboxylic acids is 4. The number of amides is 3. The number of ketones is 1. The number of nitrogens with two attached hydrogens (primary N) is 1. The maximum Gasteiger partial charge on any atom is 0.289 e. The highest BCUT2D eigenvalue weighted by Crippen LogP contribution is 2.33. The van der Waals surface area contributed by atoms with E-state index in [1.807, 2.05) is 41.5 Å². The number of nitrogens with zero attached hydrogens (tertiary/aromatic N) is 1. The second kappa shape index (κ2) is 11.4. The summed E-state index contributed by atoms with van der Waals surface area (Å²) in [6, 6.07) is -2.40. The van der Waals surface area contributed by atoms with Gasteiger partial charge < -0.3 is 21.3 Å². The second-order valence-electron chi connectivity index (χ2n) is 9.73. The quantitative estimate of drug-likeness (QED) is 0.353. The van der Waals surface area contributed by atoms with Gasteiger partial charge in [0.15, 0.2) is 0 Å². The molecule has 0 aromatic rings. The van der Waals surface area contributed by atoms with Crippen molar-refractivity contribution in [2.75, 3.05) is 13.1 Å². The van der Waals surface area contributed by atoms with E-state index < -0.39 is 41.1 Å². The van der Waals surface area contributed by atoms with Crippen molar-refractivity contribution in [3.05, 3.63) is 12.7 Å². The van der Waals surface area contributed by atoms with Gasteiger partial charge >= 0.3 is 0 Å². The van der Waals surface area contributed by atoms with Crippen molar-refractivity contribution in [2.24, 2.45) is 23.0 Å². The van der Waals surface area contributed by atoms with E-state index in [-0.39, 0.29) is 24.3 Å². The number of hydrogen-bond acceptors (Lipinski definition) is 5. The zero-order chi connectivity index (χ0) is 23.9. The van der Waals surface area contributed by atoms with Crippen LogP contribution in [0.3, 0.4) is 0 Å². The number of nitrogens with one attached hydrogen (secondary N) is 2. The fourth-order valence-electron chi connectivity index (χ4n) is 3.87. The van der Waals surface area contributed by atoms with Gasteiger partial charge in [0, 0.05) is 13.1 Å². The van der Waals surface area contributed by atoms with Crippen LogP contribution in [0.25, 0.3) is 0 Å². The molecule has 1 heterocycles. The van der Waals surface area contributed by atoms with E-state index in [2.05, 4.69) is 17.2 Å². The van der Waals surface area contributed by atoms with E-state index in [1.54, 1.807) is 4.90 Å². The Balaban J connectivity index is 3.11. The lowest BCUT2D eigenvalue weighted by Gasteiger charge is -2.35. The highest BCUT2D eigenvalue weighted by molar-refractivity contribution is 6.38. The van der Waals surface area contributed by atoms with Crippen molar-refractivity contribution in [3.63, 3.8) is 0 Å². The van der Waals surface area contributed by atoms with Gasteiger partial charge in [-0.05, 0) is 30.1 Å². The maximum absolute atomic E-state index is 13.3. The van der Waals surface area contributed by atoms with E-state index >= 15 is 0 Å². The third kappa shape index (κ3) is 6.89. The standard InChI is InChI=1S/C23H40N4O4/c1-8-10-16(18(28)21(30)25-12-9-2)26-20(29)17-15(14(3)4)11-13-27(17)22(31)19(24)23(5,6)7/h9,14-17,19H,2,8,10-13,24H2,1,3-7H3,(H,25,30)(H,26,29)/t15-,16?,17+,19-/m1/s1. The molecule has 1 saturated heterocycles. The van der Waals surface area contributed by atoms with Crippen LogP contribution in [-0.4, -0.2) is 59.6 Å². The average Bonchev–Trinajstić information content (AvgIpc) is 3.14. The van der Waals surface area contributed by atoms with Gasteiger partial charge in [-0.3, -0.25) is 19.2 Å². The molecule has 176 valence electrons. The van der Waals surface area contributed by atoms with Crippen molar-refractivity contribution in [2.45, 2.75) is 78.9 Å². The third-order valence-corrected chi connectivity index (χ3v) is 5.89. The molecule has 8 heteroatoms. The predicted octanol–water partition coefficient (Wildman–Crippen LogP) is 1.39. The van der Waals surface area contributed by atoms with Crippen LogP contribution in [-0.2, 0) is 19.2 Å². The van der Waals surface area contributed by atoms with Gasteiger partial charge in [-0.15, -0.1) is 6.58 Å². The Morgan fingerprint density at radius 3 is 2.32 bits per heavy atom. The molecular weight excluding hydrogens is 396 g/mol. The van der Waals surface area contributed by atoms with Crippen molar-refractivity contribution >= 4 is 23.5 Å². The van der Waals surface area contributed by atoms with Gasteiger partial charge in [-0.2, -0.15) is 0 Å². The number of Topliss-reactive ketones (excluding diaryl/α,β-unsaturated/α-hetero) is 1. The largest absolute Gasteiger partial charge is 0.346 e. The molecule has 1 rings (SSSR count). The molecule has 4 atom stereocenters. The predicted molar refractivity (Wildman–Crippen MR) is 121 cm³/mol. The minimum absolute atomic E-state index is 0.0527. The molecule has 0 aliphatic carbocycles. The van der Waals surface area contributed by atoms with Gasteiger partial charge in [0.2, 0.25) is 17.6 Å². The van der Waals surface area contributed by atoms with Crippen LogP contribution in [0.2, 0.25) is 0 Å². The van der Waals surface area contributed by atoms with E-state index in [0.29, 0.717) is 25.8 Å². The minimum Gasteiger partial charge on any atom is -0.346 e. The lowest BCUT2D eigenvalue weighted by molar-refractivity contribution is -0.144. The van der Waals surface area contributed by atoms with Gasteiger partial charge in [-0.1, -0.05) is 54.0 Å². The summed E-state index contributed by atoms with van der Waals surface area (Å²) in [4.78, 5) is 52.7. The fourth-order valence-corrected chi connectivity index (χ4v) is 3.87. The summed E-state index contributed by atoms with van der Waals surface area (Å²) >= 11 is 0. The Bertz CT molecular complexity index is 684. The zero-order valence-corrected chi connectivity index (χ0v) is 19.9. The Hall–Kier alpha value is -2.22. The first-order valence-corrected chi connectivity index (χ1v) is 11.2. The molecule has 0 aromatic heterocycles. The number of carbonyl (C=O) groups is 4. The normalized spacial score (nSPS) is 20.8. The molecule has 1 aliphatic rings. The highest BCUT2D eigenvalue weighted by atomic mass is 16.2. The van der Waals surface area contributed by atoms with Gasteiger partial charge in [0.1, 0.15) is 6.04 Å². The van der Waals surface area contributed by atoms with Crippen LogP contribution in [0, 0.1) is 17.3 Å². The Morgan fingerprint density at radius 1 is 1.23 bits per heavy atom. The van der Waals surface area contributed by atoms with Crippen LogP contribution in [0.1, 0.15) is 60.8 Å². The molecule has 0 aromatic carbocycles. The monoisotopic (exact) mass is 436 g/mol. The molecule has 1 fully saturated rings. The van der Waals surface area contributed by atoms with E-state index in [4.69, 9.17) is 5.73 Å². The van der Waals surface area contributed by atoms with Crippen LogP contribution in [0.4, 0.5) is 0 Å². The average molecular weight is 437 g/mol. The summed E-state index contributed by atoms with van der Waals surface area (Å²) in [5.74, 6) is -2.01. The van der Waals surface area contributed by atoms with Gasteiger partial charge in [-0.25, -0.2) is 0 Å². The summed E-state index contributed by atoms with van der Waals surface area (Å²) in [5.41, 5.74) is 5.76. The van der Waals surface area contributed by atoms with Crippen LogP contribution >= 0.6 is 0 Å². The molecule has 0 radical (unpaired) electrons. The topological polar surface area (TPSA) is 122 Å². The number of hydrogen-bond donors (Lipinski definition) is 3. The Labute approximate surface area is 186 Å². The molecule has 1 aliphatic heterocycles. The molecule has 0 spiro atoms. The zero-order valence-electron chi connectivity index (χ0n) is 19.9. The van der Waals surface area contributed by atoms with Crippen LogP contribution in [0.15, 0.2) is 12.7 Å². The first-order chi connectivity index (χ1) is 14.4. The smallest absolute Gasteiger partial charge is 0.289 e. The molecule has 3 amide bonds. The summed E-state index contributed by atoms with van der Waals surface area (Å²) in [7, 11) is 0. The molecule has 1 unspecified atom stereocenters. The first-order valence-electron chi connectivity index (χ1n) is 11.2. The lowest BCUT2D eigenvalue weighted by atomic mass is 9.85. The maximum atomic E-state index is 13.3. The summed E-state index contributed by atoms with van der Waals surface area (Å²) in [5, 5.41) is 5.21. The summed E-state index contributed by atoms with van der Waals surface area (Å²) in [6.45, 7) is 15.7. The van der Waals surface area contributed by atoms with Crippen molar-refractivity contribution in [1.82, 2.24) is 15.5 Å². The van der Waals surface area contributed by atoms with Crippen LogP contribution < -0.4 is 16.4 Å². The fraction of sp³-hybridized carbons (Fsp3) is 0.739. The third-order valence-electron chi connectivity index (χ3n) is 5.89. The van der Waals surface area contributed by atoms with E-state index in [0.717, 1.165) is 0 Å². The number of likely N-dealkylation sites (tertiary alicyclic amines) is 1. The minimum atomic E-state index is -0.941. The van der Waals surface area contributed by atoms with Gasteiger partial charge in [0.05, 0.1) is 12.1 Å². The van der Waals surface area contributed by atoms with Crippen molar-refractivity contribution in [3.8, 4) is 0 Å².